The van der Waals surface area contributed by atoms with Crippen molar-refractivity contribution in [1.82, 2.24) is 0 Å². The van der Waals surface area contributed by atoms with Crippen molar-refractivity contribution in [3.63, 3.8) is 0 Å². The first-order chi connectivity index (χ1) is 7.75. The minimum Gasteiger partial charge on any atom is -0.0857 e. The molecular weight excluding hydrogens is 204 g/mol. The fourth-order valence-corrected chi connectivity index (χ4v) is 2.21. The van der Waals surface area contributed by atoms with Gasteiger partial charge in [0.2, 0.25) is 0 Å². The number of hydrogen-bond donors (Lipinski definition) is 0. The molecule has 1 rings (SSSR count). The normalized spacial score (nSPS) is 23.8. The molecule has 0 nitrogen and oxygen atoms in total. The molecule has 0 spiro atoms. The largest absolute Gasteiger partial charge is 0.0857 e. The molecule has 0 bridgehead atoms. The molecule has 0 heteroatoms. The maximum atomic E-state index is 2.34. The average molecular weight is 238 g/mol. The summed E-state index contributed by atoms with van der Waals surface area (Å²) in [6.45, 7) is 18.1. The van der Waals surface area contributed by atoms with Gasteiger partial charge in [-0.1, -0.05) is 67.5 Å². The van der Waals surface area contributed by atoms with Gasteiger partial charge in [-0.3, -0.25) is 0 Å². The van der Waals surface area contributed by atoms with Crippen molar-refractivity contribution in [3.05, 3.63) is 12.2 Å². The maximum absolute atomic E-state index is 2.34. The fourth-order valence-electron chi connectivity index (χ4n) is 2.21. The lowest BCUT2D eigenvalue weighted by Crippen LogP contribution is -1.97. The highest BCUT2D eigenvalue weighted by Crippen LogP contribution is 2.48. The standard InChI is InChI=1S/C9H18.C8H16/c1-6(2)8-5-9(8)7(3)4;1-7(2)5-6-8(3)4/h6-9H,5H2,1-4H3;5-8H,1-4H3/b;6-5+. The van der Waals surface area contributed by atoms with E-state index in [4.69, 9.17) is 0 Å². The summed E-state index contributed by atoms with van der Waals surface area (Å²) in [5.74, 6) is 5.39. The van der Waals surface area contributed by atoms with Crippen LogP contribution in [0.15, 0.2) is 12.2 Å². The summed E-state index contributed by atoms with van der Waals surface area (Å²) < 4.78 is 0. The molecule has 102 valence electrons. The van der Waals surface area contributed by atoms with E-state index in [0.29, 0.717) is 11.8 Å². The summed E-state index contributed by atoms with van der Waals surface area (Å²) >= 11 is 0. The van der Waals surface area contributed by atoms with Crippen molar-refractivity contribution >= 4 is 0 Å². The van der Waals surface area contributed by atoms with Crippen LogP contribution in [-0.4, -0.2) is 0 Å². The molecule has 2 unspecified atom stereocenters. The molecule has 0 aliphatic heterocycles. The molecule has 0 aromatic rings. The fraction of sp³-hybridized carbons (Fsp3) is 0.882. The van der Waals surface area contributed by atoms with E-state index in [-0.39, 0.29) is 0 Å². The molecule has 17 heavy (non-hydrogen) atoms. The molecule has 0 aromatic carbocycles. The highest BCUT2D eigenvalue weighted by molar-refractivity contribution is 4.89. The van der Waals surface area contributed by atoms with Crippen molar-refractivity contribution in [3.8, 4) is 0 Å². The second-order valence-corrected chi connectivity index (χ2v) is 6.92. The van der Waals surface area contributed by atoms with Gasteiger partial charge in [-0.15, -0.1) is 0 Å². The van der Waals surface area contributed by atoms with Gasteiger partial charge >= 0.3 is 0 Å². The van der Waals surface area contributed by atoms with E-state index in [0.717, 1.165) is 23.7 Å². The third kappa shape index (κ3) is 8.46. The van der Waals surface area contributed by atoms with E-state index in [9.17, 15) is 0 Å². The monoisotopic (exact) mass is 238 g/mol. The van der Waals surface area contributed by atoms with Gasteiger partial charge in [-0.05, 0) is 41.9 Å². The highest BCUT2D eigenvalue weighted by Gasteiger charge is 2.40. The van der Waals surface area contributed by atoms with Crippen LogP contribution in [0.25, 0.3) is 0 Å². The predicted molar refractivity (Wildman–Crippen MR) is 80.1 cm³/mol. The van der Waals surface area contributed by atoms with Gasteiger partial charge in [0.1, 0.15) is 0 Å². The molecule has 1 saturated carbocycles. The van der Waals surface area contributed by atoms with Crippen LogP contribution in [-0.2, 0) is 0 Å². The molecule has 0 aromatic heterocycles. The van der Waals surface area contributed by atoms with Crippen LogP contribution in [0.2, 0.25) is 0 Å². The third-order valence-electron chi connectivity index (χ3n) is 3.48. The third-order valence-corrected chi connectivity index (χ3v) is 3.48. The number of hydrogen-bond acceptors (Lipinski definition) is 0. The van der Waals surface area contributed by atoms with Crippen LogP contribution < -0.4 is 0 Å². The first kappa shape index (κ1) is 16.7. The summed E-state index contributed by atoms with van der Waals surface area (Å²) in [5.41, 5.74) is 0. The molecule has 0 amide bonds. The van der Waals surface area contributed by atoms with E-state index >= 15 is 0 Å². The lowest BCUT2D eigenvalue weighted by Gasteiger charge is -2.04. The van der Waals surface area contributed by atoms with Crippen LogP contribution >= 0.6 is 0 Å². The topological polar surface area (TPSA) is 0 Å². The molecule has 1 aliphatic carbocycles. The Hall–Kier alpha value is -0.260. The van der Waals surface area contributed by atoms with E-state index < -0.39 is 0 Å². The molecular formula is C17H34. The van der Waals surface area contributed by atoms with Crippen molar-refractivity contribution < 1.29 is 0 Å². The minimum absolute atomic E-state index is 0.706. The Morgan fingerprint density at radius 1 is 0.647 bits per heavy atom. The quantitative estimate of drug-likeness (QED) is 0.544. The summed E-state index contributed by atoms with van der Waals surface area (Å²) in [6, 6.07) is 0. The van der Waals surface area contributed by atoms with Crippen LogP contribution in [0.3, 0.4) is 0 Å². The summed E-state index contributed by atoms with van der Waals surface area (Å²) in [4.78, 5) is 0. The molecule has 1 fully saturated rings. The van der Waals surface area contributed by atoms with Crippen LogP contribution in [0, 0.1) is 35.5 Å². The van der Waals surface area contributed by atoms with Crippen LogP contribution in [0.4, 0.5) is 0 Å². The van der Waals surface area contributed by atoms with Crippen molar-refractivity contribution in [2.75, 3.05) is 0 Å². The lowest BCUT2D eigenvalue weighted by molar-refractivity contribution is 0.448. The molecule has 1 aliphatic rings. The Morgan fingerprint density at radius 3 is 1.06 bits per heavy atom. The van der Waals surface area contributed by atoms with Gasteiger partial charge in [0.05, 0.1) is 0 Å². The van der Waals surface area contributed by atoms with E-state index in [1.54, 1.807) is 0 Å². The van der Waals surface area contributed by atoms with Crippen molar-refractivity contribution in [2.45, 2.75) is 61.8 Å². The van der Waals surface area contributed by atoms with Crippen LogP contribution in [0.5, 0.6) is 0 Å². The van der Waals surface area contributed by atoms with E-state index in [1.807, 2.05) is 0 Å². The molecule has 0 N–H and O–H groups in total. The Bertz CT molecular complexity index is 186. The van der Waals surface area contributed by atoms with Crippen molar-refractivity contribution in [2.24, 2.45) is 35.5 Å². The summed E-state index contributed by atoms with van der Waals surface area (Å²) in [6.07, 6.45) is 5.98. The molecule has 0 radical (unpaired) electrons. The smallest absolute Gasteiger partial charge is 0.0290 e. The van der Waals surface area contributed by atoms with Gasteiger partial charge in [-0.2, -0.15) is 0 Å². The van der Waals surface area contributed by atoms with Gasteiger partial charge in [-0.25, -0.2) is 0 Å². The maximum Gasteiger partial charge on any atom is -0.0290 e. The van der Waals surface area contributed by atoms with Gasteiger partial charge in [0.15, 0.2) is 0 Å². The summed E-state index contributed by atoms with van der Waals surface area (Å²) in [5, 5.41) is 0. The number of allylic oxidation sites excluding steroid dienone is 2. The van der Waals surface area contributed by atoms with E-state index in [1.165, 1.54) is 6.42 Å². The number of rotatable bonds is 4. The first-order valence-corrected chi connectivity index (χ1v) is 7.44. The van der Waals surface area contributed by atoms with Crippen molar-refractivity contribution in [1.29, 1.82) is 0 Å². The Labute approximate surface area is 110 Å². The zero-order chi connectivity index (χ0) is 13.6. The Kier molecular flexibility index (Phi) is 7.83. The molecule has 0 heterocycles. The van der Waals surface area contributed by atoms with Gasteiger partial charge < -0.3 is 0 Å². The van der Waals surface area contributed by atoms with Gasteiger partial charge in [0, 0.05) is 0 Å². The first-order valence-electron chi connectivity index (χ1n) is 7.44. The minimum atomic E-state index is 0.706. The highest BCUT2D eigenvalue weighted by atomic mass is 14.5. The van der Waals surface area contributed by atoms with Gasteiger partial charge in [0.25, 0.3) is 0 Å². The average Bonchev–Trinajstić information content (AvgIpc) is 2.94. The van der Waals surface area contributed by atoms with E-state index in [2.05, 4.69) is 67.5 Å². The molecule has 0 saturated heterocycles. The lowest BCUT2D eigenvalue weighted by atomic mass is 10.0. The summed E-state index contributed by atoms with van der Waals surface area (Å²) in [7, 11) is 0. The zero-order valence-corrected chi connectivity index (χ0v) is 13.3. The second kappa shape index (κ2) is 7.95. The Morgan fingerprint density at radius 2 is 0.941 bits per heavy atom. The zero-order valence-electron chi connectivity index (χ0n) is 13.3. The Balaban J connectivity index is 0.000000304. The van der Waals surface area contributed by atoms with Crippen LogP contribution in [0.1, 0.15) is 61.8 Å². The molecule has 2 atom stereocenters. The SMILES string of the molecule is CC(C)/C=C/C(C)C.CC(C)C1CC1C(C)C. The predicted octanol–water partition coefficient (Wildman–Crippen LogP) is 5.79. The second-order valence-electron chi connectivity index (χ2n) is 6.92.